The van der Waals surface area contributed by atoms with Gasteiger partial charge in [0.15, 0.2) is 0 Å². The fraction of sp³-hybridized carbons (Fsp3) is 0.182. The fourth-order valence-corrected chi connectivity index (χ4v) is 4.72. The van der Waals surface area contributed by atoms with E-state index in [4.69, 9.17) is 9.47 Å². The van der Waals surface area contributed by atoms with Crippen LogP contribution in [0.25, 0.3) is 0 Å². The maximum Gasteiger partial charge on any atom is 0.265 e. The minimum Gasteiger partial charge on any atom is -0.497 e. The standard InChI is InChI=1S/C22H23NO4S/c1-17(18-8-5-4-6-9-18)23(19-12-14-20(26-2)15-13-19)28(24,25)22-11-7-10-21(16-22)27-3/h4-17H,1-3H3/t17-/m0/s1. The van der Waals surface area contributed by atoms with Crippen molar-refractivity contribution in [2.24, 2.45) is 0 Å². The quantitative estimate of drug-likeness (QED) is 0.582. The summed E-state index contributed by atoms with van der Waals surface area (Å²) in [4.78, 5) is 0.172. The Bertz CT molecular complexity index is 1020. The molecule has 0 aliphatic carbocycles. The lowest BCUT2D eigenvalue weighted by atomic mass is 10.1. The molecule has 0 spiro atoms. The minimum atomic E-state index is -3.84. The van der Waals surface area contributed by atoms with Gasteiger partial charge in [0, 0.05) is 6.07 Å². The van der Waals surface area contributed by atoms with E-state index in [-0.39, 0.29) is 4.90 Å². The summed E-state index contributed by atoms with van der Waals surface area (Å²) in [6.07, 6.45) is 0. The van der Waals surface area contributed by atoms with Crippen LogP contribution in [0, 0.1) is 0 Å². The van der Waals surface area contributed by atoms with Crippen LogP contribution >= 0.6 is 0 Å². The van der Waals surface area contributed by atoms with E-state index in [0.717, 1.165) is 5.56 Å². The molecule has 3 aromatic carbocycles. The fourth-order valence-electron chi connectivity index (χ4n) is 3.04. The average Bonchev–Trinajstić information content (AvgIpc) is 2.75. The van der Waals surface area contributed by atoms with E-state index in [0.29, 0.717) is 17.2 Å². The zero-order chi connectivity index (χ0) is 20.1. The number of hydrogen-bond donors (Lipinski definition) is 0. The van der Waals surface area contributed by atoms with Gasteiger partial charge in [-0.25, -0.2) is 8.42 Å². The molecule has 0 amide bonds. The van der Waals surface area contributed by atoms with Crippen molar-refractivity contribution in [1.29, 1.82) is 0 Å². The molecule has 0 fully saturated rings. The molecule has 0 saturated carbocycles. The first-order valence-electron chi connectivity index (χ1n) is 8.85. The van der Waals surface area contributed by atoms with Crippen molar-refractivity contribution < 1.29 is 17.9 Å². The Morgan fingerprint density at radius 3 is 2.04 bits per heavy atom. The van der Waals surface area contributed by atoms with Crippen LogP contribution in [0.5, 0.6) is 11.5 Å². The van der Waals surface area contributed by atoms with E-state index in [1.807, 2.05) is 37.3 Å². The molecule has 0 aliphatic rings. The highest BCUT2D eigenvalue weighted by Gasteiger charge is 2.30. The van der Waals surface area contributed by atoms with Crippen LogP contribution in [-0.4, -0.2) is 22.6 Å². The van der Waals surface area contributed by atoms with Crippen LogP contribution in [0.4, 0.5) is 5.69 Å². The summed E-state index contributed by atoms with van der Waals surface area (Å²) in [5.74, 6) is 1.15. The normalized spacial score (nSPS) is 12.2. The van der Waals surface area contributed by atoms with E-state index >= 15 is 0 Å². The third kappa shape index (κ3) is 3.97. The summed E-state index contributed by atoms with van der Waals surface area (Å²) in [7, 11) is -0.752. The Morgan fingerprint density at radius 2 is 1.43 bits per heavy atom. The SMILES string of the molecule is COc1ccc(N([C@@H](C)c2ccccc2)S(=O)(=O)c2cccc(OC)c2)cc1. The molecule has 0 N–H and O–H groups in total. The van der Waals surface area contributed by atoms with Gasteiger partial charge in [0.1, 0.15) is 11.5 Å². The van der Waals surface area contributed by atoms with Crippen LogP contribution in [0.3, 0.4) is 0 Å². The number of hydrogen-bond acceptors (Lipinski definition) is 4. The predicted molar refractivity (Wildman–Crippen MR) is 111 cm³/mol. The summed E-state index contributed by atoms with van der Waals surface area (Å²) in [6, 6.07) is 22.6. The zero-order valence-electron chi connectivity index (χ0n) is 16.1. The molecule has 0 radical (unpaired) electrons. The van der Waals surface area contributed by atoms with Crippen molar-refractivity contribution in [3.63, 3.8) is 0 Å². The van der Waals surface area contributed by atoms with Crippen molar-refractivity contribution in [3.8, 4) is 11.5 Å². The van der Waals surface area contributed by atoms with Gasteiger partial charge in [-0.05, 0) is 48.9 Å². The second-order valence-corrected chi connectivity index (χ2v) is 8.08. The number of sulfonamides is 1. The first-order valence-corrected chi connectivity index (χ1v) is 10.3. The first-order chi connectivity index (χ1) is 13.5. The van der Waals surface area contributed by atoms with Crippen molar-refractivity contribution in [1.82, 2.24) is 0 Å². The molecule has 28 heavy (non-hydrogen) atoms. The Kier molecular flexibility index (Phi) is 5.90. The lowest BCUT2D eigenvalue weighted by Crippen LogP contribution is -2.33. The predicted octanol–water partition coefficient (Wildman–Crippen LogP) is 4.66. The maximum atomic E-state index is 13.6. The van der Waals surface area contributed by atoms with E-state index < -0.39 is 16.1 Å². The monoisotopic (exact) mass is 397 g/mol. The highest BCUT2D eigenvalue weighted by atomic mass is 32.2. The maximum absolute atomic E-state index is 13.6. The van der Waals surface area contributed by atoms with Crippen LogP contribution in [0.15, 0.2) is 83.8 Å². The molecule has 0 unspecified atom stereocenters. The lowest BCUT2D eigenvalue weighted by Gasteiger charge is -2.31. The Hall–Kier alpha value is -2.99. The van der Waals surface area contributed by atoms with Crippen LogP contribution in [0.1, 0.15) is 18.5 Å². The van der Waals surface area contributed by atoms with Crippen LogP contribution < -0.4 is 13.8 Å². The molecule has 0 aliphatic heterocycles. The molecule has 0 aromatic heterocycles. The second-order valence-electron chi connectivity index (χ2n) is 6.26. The zero-order valence-corrected chi connectivity index (χ0v) is 16.9. The number of benzene rings is 3. The molecular formula is C22H23NO4S. The molecule has 1 atom stereocenters. The second kappa shape index (κ2) is 8.35. The minimum absolute atomic E-state index is 0.172. The molecule has 0 heterocycles. The lowest BCUT2D eigenvalue weighted by molar-refractivity contribution is 0.413. The number of anilines is 1. The third-order valence-corrected chi connectivity index (χ3v) is 6.45. The van der Waals surface area contributed by atoms with Gasteiger partial charge in [-0.1, -0.05) is 36.4 Å². The average molecular weight is 397 g/mol. The number of rotatable bonds is 7. The Morgan fingerprint density at radius 1 is 0.786 bits per heavy atom. The summed E-state index contributed by atoms with van der Waals surface area (Å²) >= 11 is 0. The molecule has 0 bridgehead atoms. The third-order valence-electron chi connectivity index (χ3n) is 4.56. The number of ether oxygens (including phenoxy) is 2. The highest BCUT2D eigenvalue weighted by Crippen LogP contribution is 2.34. The Balaban J connectivity index is 2.13. The summed E-state index contributed by atoms with van der Waals surface area (Å²) in [5, 5.41) is 0. The van der Waals surface area contributed by atoms with Crippen molar-refractivity contribution in [3.05, 3.63) is 84.4 Å². The van der Waals surface area contributed by atoms with E-state index in [2.05, 4.69) is 0 Å². The van der Waals surface area contributed by atoms with Gasteiger partial charge in [0.25, 0.3) is 10.0 Å². The van der Waals surface area contributed by atoms with Crippen LogP contribution in [0.2, 0.25) is 0 Å². The smallest absolute Gasteiger partial charge is 0.265 e. The topological polar surface area (TPSA) is 55.8 Å². The molecule has 3 aromatic rings. The largest absolute Gasteiger partial charge is 0.497 e. The van der Waals surface area contributed by atoms with Crippen LogP contribution in [-0.2, 0) is 10.0 Å². The first kappa shape index (κ1) is 19.8. The molecule has 6 heteroatoms. The van der Waals surface area contributed by atoms with Crippen molar-refractivity contribution in [2.45, 2.75) is 17.9 Å². The molecule has 146 valence electrons. The molecule has 0 saturated heterocycles. The number of methoxy groups -OCH3 is 2. The summed E-state index contributed by atoms with van der Waals surface area (Å²) in [5.41, 5.74) is 1.45. The van der Waals surface area contributed by atoms with Gasteiger partial charge >= 0.3 is 0 Å². The van der Waals surface area contributed by atoms with Gasteiger partial charge in [-0.15, -0.1) is 0 Å². The van der Waals surface area contributed by atoms with E-state index in [1.165, 1.54) is 17.5 Å². The van der Waals surface area contributed by atoms with Gasteiger partial charge < -0.3 is 9.47 Å². The molecular weight excluding hydrogens is 374 g/mol. The highest BCUT2D eigenvalue weighted by molar-refractivity contribution is 7.92. The van der Waals surface area contributed by atoms with Gasteiger partial charge in [0.05, 0.1) is 30.8 Å². The van der Waals surface area contributed by atoms with Crippen molar-refractivity contribution in [2.75, 3.05) is 18.5 Å². The summed E-state index contributed by atoms with van der Waals surface area (Å²) < 4.78 is 39.1. The van der Waals surface area contributed by atoms with Gasteiger partial charge in [0.2, 0.25) is 0 Å². The Labute approximate surface area is 166 Å². The van der Waals surface area contributed by atoms with Gasteiger partial charge in [-0.2, -0.15) is 0 Å². The molecule has 3 rings (SSSR count). The molecule has 5 nitrogen and oxygen atoms in total. The van der Waals surface area contributed by atoms with E-state index in [1.54, 1.807) is 49.6 Å². The van der Waals surface area contributed by atoms with Gasteiger partial charge in [-0.3, -0.25) is 4.31 Å². The van der Waals surface area contributed by atoms with Crippen molar-refractivity contribution >= 4 is 15.7 Å². The van der Waals surface area contributed by atoms with E-state index in [9.17, 15) is 8.42 Å². The summed E-state index contributed by atoms with van der Waals surface area (Å²) in [6.45, 7) is 1.87. The number of nitrogens with zero attached hydrogens (tertiary/aromatic N) is 1.